The van der Waals surface area contributed by atoms with Crippen molar-refractivity contribution in [1.82, 2.24) is 0 Å². The number of para-hydroxylation sites is 2. The van der Waals surface area contributed by atoms with E-state index in [4.69, 9.17) is 13.6 Å². The summed E-state index contributed by atoms with van der Waals surface area (Å²) in [7, 11) is 0. The predicted octanol–water partition coefficient (Wildman–Crippen LogP) is 6.76. The highest BCUT2D eigenvalue weighted by Gasteiger charge is 2.08. The van der Waals surface area contributed by atoms with Gasteiger partial charge in [0.1, 0.15) is 16.7 Å². The Hall–Kier alpha value is -3.46. The fourth-order valence-corrected chi connectivity index (χ4v) is 2.83. The van der Waals surface area contributed by atoms with Gasteiger partial charge in [-0.25, -0.2) is 0 Å². The molecule has 2 aromatic heterocycles. The van der Waals surface area contributed by atoms with Crippen molar-refractivity contribution in [2.24, 2.45) is 0 Å². The van der Waals surface area contributed by atoms with Gasteiger partial charge in [-0.1, -0.05) is 56.3 Å². The van der Waals surface area contributed by atoms with Crippen LogP contribution in [0.3, 0.4) is 0 Å². The van der Waals surface area contributed by atoms with Crippen molar-refractivity contribution in [3.63, 3.8) is 0 Å². The average Bonchev–Trinajstić information content (AvgIpc) is 3.62. The summed E-state index contributed by atoms with van der Waals surface area (Å²) in [5, 5.41) is 2.33. The monoisotopic (exact) mass is 418 g/mol. The molecule has 1 aliphatic heterocycles. The summed E-state index contributed by atoms with van der Waals surface area (Å²) in [5.41, 5.74) is 3.26. The first-order chi connectivity index (χ1) is 15.3. The van der Waals surface area contributed by atoms with Gasteiger partial charge in [-0.15, -0.1) is 13.2 Å². The largest absolute Gasteiger partial charge is 0.493 e. The van der Waals surface area contributed by atoms with Gasteiger partial charge < -0.3 is 13.6 Å². The van der Waals surface area contributed by atoms with Crippen LogP contribution in [0.2, 0.25) is 0 Å². The van der Waals surface area contributed by atoms with Crippen LogP contribution in [0.15, 0.2) is 95.2 Å². The van der Waals surface area contributed by atoms with Gasteiger partial charge in [0.05, 0.1) is 19.1 Å². The smallest absolute Gasteiger partial charge is 0.133 e. The minimum absolute atomic E-state index is 0.860. The van der Waals surface area contributed by atoms with Crippen LogP contribution in [0.4, 0.5) is 0 Å². The highest BCUT2D eigenvalue weighted by Crippen LogP contribution is 2.23. The number of furan rings is 2. The van der Waals surface area contributed by atoms with Gasteiger partial charge in [-0.05, 0) is 49.8 Å². The standard InChI is InChI=1S/C8H8O.C8H6O.C8H10O.C2H6.C2H4/c2*1-2-4-8-7(3-1)5-6-9-8;1-3-7-5-6-9-8(7)4-2;2*1-2/h1-4H,5-6H2;1-6H;3-6H,1-2H3;1-2H3;1-2H2/b;;7-3-,8-4+;;. The van der Waals surface area contributed by atoms with Crippen molar-refractivity contribution in [2.45, 2.75) is 34.1 Å². The minimum atomic E-state index is 0.860. The number of hydrogen-bond acceptors (Lipinski definition) is 3. The van der Waals surface area contributed by atoms with Crippen LogP contribution in [0.5, 0.6) is 5.75 Å². The van der Waals surface area contributed by atoms with E-state index < -0.39 is 0 Å². The molecule has 3 nitrogen and oxygen atoms in total. The minimum Gasteiger partial charge on any atom is -0.493 e. The quantitative estimate of drug-likeness (QED) is 0.296. The zero-order chi connectivity index (χ0) is 22.9. The molecule has 3 heterocycles. The number of fused-ring (bicyclic) bond motifs is 2. The second-order valence-corrected chi connectivity index (χ2v) is 5.98. The highest BCUT2D eigenvalue weighted by atomic mass is 16.5. The van der Waals surface area contributed by atoms with E-state index in [2.05, 4.69) is 19.2 Å². The summed E-state index contributed by atoms with van der Waals surface area (Å²) in [6, 6.07) is 20.0. The number of benzene rings is 2. The van der Waals surface area contributed by atoms with Gasteiger partial charge in [-0.2, -0.15) is 0 Å². The lowest BCUT2D eigenvalue weighted by atomic mass is 10.2. The van der Waals surface area contributed by atoms with Crippen LogP contribution in [0, 0.1) is 0 Å². The summed E-state index contributed by atoms with van der Waals surface area (Å²) >= 11 is 0. The average molecular weight is 419 g/mol. The Morgan fingerprint density at radius 3 is 2.10 bits per heavy atom. The van der Waals surface area contributed by atoms with E-state index in [-0.39, 0.29) is 0 Å². The zero-order valence-electron chi connectivity index (χ0n) is 19.1. The fourth-order valence-electron chi connectivity index (χ4n) is 2.83. The van der Waals surface area contributed by atoms with Crippen LogP contribution in [0.1, 0.15) is 33.3 Å². The topological polar surface area (TPSA) is 35.5 Å². The number of hydrogen-bond donors (Lipinski definition) is 0. The molecule has 0 radical (unpaired) electrons. The summed E-state index contributed by atoms with van der Waals surface area (Å²) < 4.78 is 15.5. The Balaban J connectivity index is 0.000000215. The molecule has 0 spiro atoms. The molecule has 0 fully saturated rings. The molecule has 0 bridgehead atoms. The van der Waals surface area contributed by atoms with E-state index in [0.717, 1.165) is 40.4 Å². The first-order valence-electron chi connectivity index (χ1n) is 10.6. The van der Waals surface area contributed by atoms with E-state index >= 15 is 0 Å². The Bertz CT molecular complexity index is 1020. The lowest BCUT2D eigenvalue weighted by Gasteiger charge is -1.93. The van der Waals surface area contributed by atoms with E-state index in [1.54, 1.807) is 12.5 Å². The molecule has 5 rings (SSSR count). The Morgan fingerprint density at radius 1 is 0.774 bits per heavy atom. The molecule has 0 N–H and O–H groups in total. The van der Waals surface area contributed by atoms with Crippen LogP contribution < -0.4 is 15.4 Å². The van der Waals surface area contributed by atoms with Crippen molar-refractivity contribution in [2.75, 3.05) is 6.61 Å². The van der Waals surface area contributed by atoms with Crippen molar-refractivity contribution < 1.29 is 13.6 Å². The fraction of sp³-hybridized carbons (Fsp3) is 0.214. The highest BCUT2D eigenvalue weighted by molar-refractivity contribution is 5.76. The predicted molar refractivity (Wildman–Crippen MR) is 133 cm³/mol. The molecular formula is C28H34O3. The van der Waals surface area contributed by atoms with Crippen LogP contribution >= 0.6 is 0 Å². The maximum Gasteiger partial charge on any atom is 0.133 e. The van der Waals surface area contributed by atoms with Crippen LogP contribution in [-0.4, -0.2) is 6.61 Å². The summed E-state index contributed by atoms with van der Waals surface area (Å²) in [5.74, 6) is 1.07. The summed E-state index contributed by atoms with van der Waals surface area (Å²) in [6.07, 6.45) is 8.46. The molecule has 3 heteroatoms. The zero-order valence-corrected chi connectivity index (χ0v) is 19.1. The first-order valence-corrected chi connectivity index (χ1v) is 10.6. The van der Waals surface area contributed by atoms with Gasteiger partial charge >= 0.3 is 0 Å². The van der Waals surface area contributed by atoms with Gasteiger partial charge in [0, 0.05) is 17.0 Å². The van der Waals surface area contributed by atoms with E-state index in [9.17, 15) is 0 Å². The first kappa shape index (κ1) is 25.6. The summed E-state index contributed by atoms with van der Waals surface area (Å²) in [4.78, 5) is 0. The molecule has 0 aliphatic carbocycles. The molecule has 0 atom stereocenters. The molecule has 0 unspecified atom stereocenters. The number of rotatable bonds is 0. The molecule has 164 valence electrons. The molecule has 0 saturated carbocycles. The Morgan fingerprint density at radius 2 is 1.45 bits per heavy atom. The van der Waals surface area contributed by atoms with Crippen molar-refractivity contribution >= 4 is 23.1 Å². The lowest BCUT2D eigenvalue weighted by Crippen LogP contribution is -2.17. The van der Waals surface area contributed by atoms with Crippen molar-refractivity contribution in [3.05, 3.63) is 103 Å². The third-order valence-electron chi connectivity index (χ3n) is 4.26. The third-order valence-corrected chi connectivity index (χ3v) is 4.26. The number of ether oxygens (including phenoxy) is 1. The maximum absolute atomic E-state index is 5.30. The van der Waals surface area contributed by atoms with Gasteiger partial charge in [0.25, 0.3) is 0 Å². The van der Waals surface area contributed by atoms with Crippen molar-refractivity contribution in [1.29, 1.82) is 0 Å². The van der Waals surface area contributed by atoms with Gasteiger partial charge in [0.15, 0.2) is 0 Å². The van der Waals surface area contributed by atoms with Crippen molar-refractivity contribution in [3.8, 4) is 5.75 Å². The molecule has 0 saturated heterocycles. The van der Waals surface area contributed by atoms with E-state index in [1.165, 1.54) is 5.56 Å². The van der Waals surface area contributed by atoms with E-state index in [0.29, 0.717) is 0 Å². The second kappa shape index (κ2) is 15.4. The lowest BCUT2D eigenvalue weighted by molar-refractivity contribution is 0.357. The molecule has 31 heavy (non-hydrogen) atoms. The normalized spacial score (nSPS) is 11.9. The second-order valence-electron chi connectivity index (χ2n) is 5.98. The van der Waals surface area contributed by atoms with Gasteiger partial charge in [0.2, 0.25) is 0 Å². The molecule has 4 aromatic rings. The molecule has 1 aliphatic rings. The molecular weight excluding hydrogens is 384 g/mol. The van der Waals surface area contributed by atoms with Crippen LogP contribution in [0.25, 0.3) is 23.1 Å². The summed E-state index contributed by atoms with van der Waals surface area (Å²) in [6.45, 7) is 14.8. The van der Waals surface area contributed by atoms with Gasteiger partial charge in [-0.3, -0.25) is 0 Å². The maximum atomic E-state index is 5.30. The Labute approximate surface area is 186 Å². The van der Waals surface area contributed by atoms with E-state index in [1.807, 2.05) is 94.4 Å². The SMILES string of the molecule is C/C=c1/cco/c1=C/C.C=C.CC.c1ccc2c(c1)CCO2.c1ccc2occc2c1. The molecule has 0 amide bonds. The Kier molecular flexibility index (Phi) is 12.7. The third kappa shape index (κ3) is 8.06. The van der Waals surface area contributed by atoms with Crippen LogP contribution in [-0.2, 0) is 6.42 Å². The molecule has 2 aromatic carbocycles.